The molecule has 0 bridgehead atoms. The van der Waals surface area contributed by atoms with Gasteiger partial charge in [0.15, 0.2) is 0 Å². The van der Waals surface area contributed by atoms with Gasteiger partial charge in [-0.15, -0.1) is 0 Å². The van der Waals surface area contributed by atoms with Crippen LogP contribution in [0.4, 0.5) is 0 Å². The van der Waals surface area contributed by atoms with Crippen LogP contribution in [0.25, 0.3) is 0 Å². The second-order valence-corrected chi connectivity index (χ2v) is 3.94. The molecule has 17 heavy (non-hydrogen) atoms. The van der Waals surface area contributed by atoms with E-state index in [0.717, 1.165) is 30.9 Å². The van der Waals surface area contributed by atoms with Crippen LogP contribution < -0.4 is 4.74 Å². The fraction of sp³-hybridized carbons (Fsp3) is 0.500. The predicted octanol–water partition coefficient (Wildman–Crippen LogP) is 2.64. The van der Waals surface area contributed by atoms with Gasteiger partial charge in [0.25, 0.3) is 0 Å². The zero-order valence-corrected chi connectivity index (χ0v) is 10.8. The Kier molecular flexibility index (Phi) is 5.51. The Bertz CT molecular complexity index is 363. The maximum Gasteiger partial charge on any atom is 0.118 e. The predicted molar refractivity (Wildman–Crippen MR) is 69.1 cm³/mol. The molecule has 0 fully saturated rings. The maximum atomic E-state index is 9.24. The largest absolute Gasteiger partial charge is 0.497 e. The van der Waals surface area contributed by atoms with Crippen molar-refractivity contribution in [1.82, 2.24) is 4.90 Å². The molecule has 1 rings (SSSR count). The van der Waals surface area contributed by atoms with Crippen LogP contribution in [0.3, 0.4) is 0 Å². The molecule has 92 valence electrons. The van der Waals surface area contributed by atoms with Crippen molar-refractivity contribution in [3.63, 3.8) is 0 Å². The Morgan fingerprint density at radius 3 is 2.24 bits per heavy atom. The third-order valence-corrected chi connectivity index (χ3v) is 3.01. The standard InChI is InChI=1S/C14H20N2O/c1-4-16(5-2)11-13(10-15)12-6-8-14(17-3)9-7-12/h6-9,13H,4-5,11H2,1-3H3. The first kappa shape index (κ1) is 13.5. The van der Waals surface area contributed by atoms with Gasteiger partial charge in [-0.25, -0.2) is 0 Å². The molecular formula is C14H20N2O. The van der Waals surface area contributed by atoms with Crippen molar-refractivity contribution < 1.29 is 4.74 Å². The molecule has 0 N–H and O–H groups in total. The Balaban J connectivity index is 2.76. The van der Waals surface area contributed by atoms with Crippen molar-refractivity contribution in [1.29, 1.82) is 5.26 Å². The molecule has 3 nitrogen and oxygen atoms in total. The van der Waals surface area contributed by atoms with Gasteiger partial charge in [-0.1, -0.05) is 26.0 Å². The highest BCUT2D eigenvalue weighted by atomic mass is 16.5. The molecular weight excluding hydrogens is 212 g/mol. The average molecular weight is 232 g/mol. The van der Waals surface area contributed by atoms with E-state index in [1.54, 1.807) is 7.11 Å². The fourth-order valence-corrected chi connectivity index (χ4v) is 1.80. The third kappa shape index (κ3) is 3.76. The highest BCUT2D eigenvalue weighted by Crippen LogP contribution is 2.19. The molecule has 0 saturated carbocycles. The third-order valence-electron chi connectivity index (χ3n) is 3.01. The first-order chi connectivity index (χ1) is 8.24. The van der Waals surface area contributed by atoms with Crippen LogP contribution in [0.15, 0.2) is 24.3 Å². The molecule has 1 unspecified atom stereocenters. The number of nitriles is 1. The lowest BCUT2D eigenvalue weighted by atomic mass is 10.00. The minimum Gasteiger partial charge on any atom is -0.497 e. The maximum absolute atomic E-state index is 9.24. The molecule has 0 spiro atoms. The second-order valence-electron chi connectivity index (χ2n) is 3.94. The summed E-state index contributed by atoms with van der Waals surface area (Å²) in [6.45, 7) is 6.98. The average Bonchev–Trinajstić information content (AvgIpc) is 2.40. The summed E-state index contributed by atoms with van der Waals surface area (Å²) in [6, 6.07) is 10.1. The number of benzene rings is 1. The van der Waals surface area contributed by atoms with Crippen molar-refractivity contribution in [2.45, 2.75) is 19.8 Å². The first-order valence-electron chi connectivity index (χ1n) is 6.01. The van der Waals surface area contributed by atoms with E-state index in [1.165, 1.54) is 0 Å². The van der Waals surface area contributed by atoms with Crippen molar-refractivity contribution in [2.24, 2.45) is 0 Å². The molecule has 0 heterocycles. The topological polar surface area (TPSA) is 36.3 Å². The van der Waals surface area contributed by atoms with Gasteiger partial charge in [0.1, 0.15) is 5.75 Å². The normalized spacial score (nSPS) is 12.2. The summed E-state index contributed by atoms with van der Waals surface area (Å²) in [7, 11) is 1.65. The van der Waals surface area contributed by atoms with Gasteiger partial charge in [-0.2, -0.15) is 5.26 Å². The van der Waals surface area contributed by atoms with Crippen molar-refractivity contribution in [3.05, 3.63) is 29.8 Å². The summed E-state index contributed by atoms with van der Waals surface area (Å²) in [4.78, 5) is 2.26. The van der Waals surface area contributed by atoms with Crippen molar-refractivity contribution >= 4 is 0 Å². The van der Waals surface area contributed by atoms with Crippen molar-refractivity contribution in [2.75, 3.05) is 26.7 Å². The zero-order valence-electron chi connectivity index (χ0n) is 10.8. The molecule has 0 radical (unpaired) electrons. The lowest BCUT2D eigenvalue weighted by Crippen LogP contribution is -2.27. The Morgan fingerprint density at radius 1 is 1.24 bits per heavy atom. The van der Waals surface area contributed by atoms with Gasteiger partial charge in [-0.3, -0.25) is 0 Å². The highest BCUT2D eigenvalue weighted by molar-refractivity contribution is 5.32. The molecule has 0 aliphatic rings. The lowest BCUT2D eigenvalue weighted by Gasteiger charge is -2.21. The molecule has 1 aromatic carbocycles. The summed E-state index contributed by atoms with van der Waals surface area (Å²) in [6.07, 6.45) is 0. The van der Waals surface area contributed by atoms with Crippen molar-refractivity contribution in [3.8, 4) is 11.8 Å². The monoisotopic (exact) mass is 232 g/mol. The van der Waals surface area contributed by atoms with Crippen LogP contribution in [0.5, 0.6) is 5.75 Å². The van der Waals surface area contributed by atoms with Gasteiger partial charge in [0, 0.05) is 6.54 Å². The quantitative estimate of drug-likeness (QED) is 0.756. The minimum absolute atomic E-state index is 0.0687. The highest BCUT2D eigenvalue weighted by Gasteiger charge is 2.13. The summed E-state index contributed by atoms with van der Waals surface area (Å²) in [5.74, 6) is 0.758. The molecule has 1 atom stereocenters. The van der Waals surface area contributed by atoms with Gasteiger partial charge < -0.3 is 9.64 Å². The van der Waals surface area contributed by atoms with Crippen LogP contribution in [0.2, 0.25) is 0 Å². The van der Waals surface area contributed by atoms with Crippen LogP contribution in [0.1, 0.15) is 25.3 Å². The second kappa shape index (κ2) is 6.93. The number of hydrogen-bond donors (Lipinski definition) is 0. The zero-order chi connectivity index (χ0) is 12.7. The molecule has 1 aromatic rings. The number of methoxy groups -OCH3 is 1. The van der Waals surface area contributed by atoms with E-state index in [2.05, 4.69) is 24.8 Å². The van der Waals surface area contributed by atoms with Crippen LogP contribution in [-0.2, 0) is 0 Å². The number of nitrogens with zero attached hydrogens (tertiary/aromatic N) is 2. The summed E-state index contributed by atoms with van der Waals surface area (Å²) in [5, 5.41) is 9.24. The van der Waals surface area contributed by atoms with E-state index in [9.17, 15) is 5.26 Å². The van der Waals surface area contributed by atoms with E-state index in [0.29, 0.717) is 0 Å². The van der Waals surface area contributed by atoms with Gasteiger partial charge in [0.05, 0.1) is 19.1 Å². The van der Waals surface area contributed by atoms with Crippen LogP contribution in [-0.4, -0.2) is 31.6 Å². The number of rotatable bonds is 6. The molecule has 0 amide bonds. The number of ether oxygens (including phenoxy) is 1. The lowest BCUT2D eigenvalue weighted by molar-refractivity contribution is 0.298. The molecule has 0 aliphatic heterocycles. The van der Waals surface area contributed by atoms with Crippen LogP contribution in [0, 0.1) is 11.3 Å². The molecule has 0 saturated heterocycles. The first-order valence-corrected chi connectivity index (χ1v) is 6.01. The summed E-state index contributed by atoms with van der Waals surface area (Å²) < 4.78 is 5.11. The molecule has 0 aliphatic carbocycles. The summed E-state index contributed by atoms with van der Waals surface area (Å²) in [5.41, 5.74) is 1.06. The van der Waals surface area contributed by atoms with Gasteiger partial charge in [-0.05, 0) is 30.8 Å². The Hall–Kier alpha value is -1.53. The summed E-state index contributed by atoms with van der Waals surface area (Å²) >= 11 is 0. The number of likely N-dealkylation sites (N-methyl/N-ethyl adjacent to an activating group) is 1. The Labute approximate surface area is 104 Å². The fourth-order valence-electron chi connectivity index (χ4n) is 1.80. The van der Waals surface area contributed by atoms with E-state index in [4.69, 9.17) is 4.74 Å². The number of hydrogen-bond acceptors (Lipinski definition) is 3. The Morgan fingerprint density at radius 2 is 1.82 bits per heavy atom. The van der Waals surface area contributed by atoms with E-state index in [-0.39, 0.29) is 5.92 Å². The van der Waals surface area contributed by atoms with E-state index >= 15 is 0 Å². The molecule has 0 aromatic heterocycles. The minimum atomic E-state index is -0.0687. The van der Waals surface area contributed by atoms with E-state index < -0.39 is 0 Å². The molecule has 3 heteroatoms. The SMILES string of the molecule is CCN(CC)CC(C#N)c1ccc(OC)cc1. The van der Waals surface area contributed by atoms with E-state index in [1.807, 2.05) is 24.3 Å². The van der Waals surface area contributed by atoms with Gasteiger partial charge in [0.2, 0.25) is 0 Å². The van der Waals surface area contributed by atoms with Crippen LogP contribution >= 0.6 is 0 Å². The van der Waals surface area contributed by atoms with Gasteiger partial charge >= 0.3 is 0 Å². The smallest absolute Gasteiger partial charge is 0.118 e.